The molecule has 0 aromatic rings. The van der Waals surface area contributed by atoms with Crippen molar-refractivity contribution in [1.82, 2.24) is 4.90 Å². The first-order chi connectivity index (χ1) is 6.71. The van der Waals surface area contributed by atoms with Gasteiger partial charge in [-0.15, -0.1) is 0 Å². The Morgan fingerprint density at radius 3 is 2.71 bits per heavy atom. The Morgan fingerprint density at radius 1 is 1.57 bits per heavy atom. The van der Waals surface area contributed by atoms with Crippen LogP contribution in [0.25, 0.3) is 0 Å². The molecule has 3 N–H and O–H groups in total. The topological polar surface area (TPSA) is 61.9 Å². The fourth-order valence-corrected chi connectivity index (χ4v) is 1.95. The monoisotopic (exact) mass is 199 g/mol. The van der Waals surface area contributed by atoms with Crippen molar-refractivity contribution in [3.8, 4) is 0 Å². The Morgan fingerprint density at radius 2 is 2.29 bits per heavy atom. The maximum Gasteiger partial charge on any atom is 0.0938 e. The number of aliphatic imine (C=N–C) groups is 1. The fourth-order valence-electron chi connectivity index (χ4n) is 1.95. The molecular weight excluding hydrogens is 178 g/mol. The van der Waals surface area contributed by atoms with Crippen LogP contribution in [0.15, 0.2) is 4.99 Å². The molecule has 0 amide bonds. The lowest BCUT2D eigenvalue weighted by Crippen LogP contribution is -2.32. The summed E-state index contributed by atoms with van der Waals surface area (Å²) in [5.74, 6) is 0.727. The van der Waals surface area contributed by atoms with Crippen LogP contribution in [0.2, 0.25) is 0 Å². The minimum absolute atomic E-state index is 0.228. The quantitative estimate of drug-likeness (QED) is 0.502. The van der Waals surface area contributed by atoms with Crippen molar-refractivity contribution in [2.45, 2.75) is 38.8 Å². The minimum Gasteiger partial charge on any atom is -0.395 e. The Kier molecular flexibility index (Phi) is 4.35. The highest BCUT2D eigenvalue weighted by Gasteiger charge is 2.29. The van der Waals surface area contributed by atoms with E-state index in [1.54, 1.807) is 0 Å². The predicted molar refractivity (Wildman–Crippen MR) is 58.4 cm³/mol. The highest BCUT2D eigenvalue weighted by Crippen LogP contribution is 2.19. The summed E-state index contributed by atoms with van der Waals surface area (Å²) in [6.07, 6.45) is 1.75. The zero-order valence-corrected chi connectivity index (χ0v) is 9.11. The molecular formula is C10H21N3O. The molecule has 1 rings (SSSR count). The van der Waals surface area contributed by atoms with E-state index in [0.717, 1.165) is 31.8 Å². The van der Waals surface area contributed by atoms with Crippen LogP contribution in [0.1, 0.15) is 26.7 Å². The summed E-state index contributed by atoms with van der Waals surface area (Å²) >= 11 is 0. The normalized spacial score (nSPS) is 29.8. The van der Waals surface area contributed by atoms with Gasteiger partial charge in [-0.2, -0.15) is 0 Å². The predicted octanol–water partition coefficient (Wildman–Crippen LogP) is 0.209. The summed E-state index contributed by atoms with van der Waals surface area (Å²) < 4.78 is 0. The second-order valence-corrected chi connectivity index (χ2v) is 3.79. The van der Waals surface area contributed by atoms with E-state index in [2.05, 4.69) is 16.8 Å². The molecule has 0 unspecified atom stereocenters. The molecule has 0 aliphatic carbocycles. The van der Waals surface area contributed by atoms with Gasteiger partial charge in [-0.05, 0) is 13.0 Å². The molecule has 0 spiro atoms. The van der Waals surface area contributed by atoms with Crippen molar-refractivity contribution < 1.29 is 5.11 Å². The molecule has 0 saturated carbocycles. The average Bonchev–Trinajstić information content (AvgIpc) is 2.59. The number of likely N-dealkylation sites (tertiary alicyclic amines) is 1. The van der Waals surface area contributed by atoms with Crippen LogP contribution >= 0.6 is 0 Å². The molecule has 4 nitrogen and oxygen atoms in total. The SMILES string of the molecule is CCC(N)=N[C@H]1C[C@@H](CO)N(CC)C1. The van der Waals surface area contributed by atoms with Crippen LogP contribution in [-0.2, 0) is 0 Å². The minimum atomic E-state index is 0.228. The van der Waals surface area contributed by atoms with Gasteiger partial charge >= 0.3 is 0 Å². The molecule has 0 aromatic carbocycles. The number of aliphatic hydroxyl groups is 1. The fraction of sp³-hybridized carbons (Fsp3) is 0.900. The molecule has 82 valence electrons. The summed E-state index contributed by atoms with van der Waals surface area (Å²) in [7, 11) is 0. The maximum absolute atomic E-state index is 9.16. The first-order valence-corrected chi connectivity index (χ1v) is 5.38. The standard InChI is InChI=1S/C10H21N3O/c1-3-10(11)12-8-5-9(7-14)13(4-2)6-8/h8-9,14H,3-7H2,1-2H3,(H2,11,12)/t8-,9-/m0/s1. The van der Waals surface area contributed by atoms with E-state index < -0.39 is 0 Å². The lowest BCUT2D eigenvalue weighted by Gasteiger charge is -2.19. The Hall–Kier alpha value is -0.610. The summed E-state index contributed by atoms with van der Waals surface area (Å²) in [6.45, 7) is 6.25. The number of nitrogens with zero attached hydrogens (tertiary/aromatic N) is 2. The van der Waals surface area contributed by atoms with Crippen LogP contribution in [-0.4, -0.2) is 47.6 Å². The molecule has 2 atom stereocenters. The van der Waals surface area contributed by atoms with E-state index in [0.29, 0.717) is 0 Å². The van der Waals surface area contributed by atoms with Crippen molar-refractivity contribution in [2.24, 2.45) is 10.7 Å². The van der Waals surface area contributed by atoms with E-state index >= 15 is 0 Å². The van der Waals surface area contributed by atoms with Crippen LogP contribution in [0.4, 0.5) is 0 Å². The second kappa shape index (κ2) is 5.32. The third kappa shape index (κ3) is 2.69. The smallest absolute Gasteiger partial charge is 0.0938 e. The van der Waals surface area contributed by atoms with E-state index in [-0.39, 0.29) is 18.7 Å². The van der Waals surface area contributed by atoms with Gasteiger partial charge in [-0.25, -0.2) is 0 Å². The van der Waals surface area contributed by atoms with Crippen molar-refractivity contribution in [2.75, 3.05) is 19.7 Å². The van der Waals surface area contributed by atoms with Gasteiger partial charge in [0.25, 0.3) is 0 Å². The zero-order valence-electron chi connectivity index (χ0n) is 9.11. The Labute approximate surface area is 85.8 Å². The summed E-state index contributed by atoms with van der Waals surface area (Å²) in [6, 6.07) is 0.561. The van der Waals surface area contributed by atoms with E-state index in [1.807, 2.05) is 6.92 Å². The summed E-state index contributed by atoms with van der Waals surface area (Å²) in [5, 5.41) is 9.16. The molecule has 0 radical (unpaired) electrons. The average molecular weight is 199 g/mol. The van der Waals surface area contributed by atoms with Crippen LogP contribution in [0.3, 0.4) is 0 Å². The molecule has 1 heterocycles. The summed E-state index contributed by atoms with van der Waals surface area (Å²) in [4.78, 5) is 6.69. The molecule has 0 aromatic heterocycles. The van der Waals surface area contributed by atoms with Crippen LogP contribution < -0.4 is 5.73 Å². The van der Waals surface area contributed by atoms with E-state index in [9.17, 15) is 0 Å². The van der Waals surface area contributed by atoms with Gasteiger partial charge < -0.3 is 10.8 Å². The van der Waals surface area contributed by atoms with Gasteiger partial charge in [-0.1, -0.05) is 13.8 Å². The number of nitrogens with two attached hydrogens (primary N) is 1. The number of rotatable bonds is 4. The van der Waals surface area contributed by atoms with Crippen LogP contribution in [0, 0.1) is 0 Å². The Bertz CT molecular complexity index is 194. The zero-order chi connectivity index (χ0) is 10.6. The van der Waals surface area contributed by atoms with Gasteiger partial charge in [-0.3, -0.25) is 9.89 Å². The first-order valence-electron chi connectivity index (χ1n) is 5.38. The number of hydrogen-bond donors (Lipinski definition) is 2. The largest absolute Gasteiger partial charge is 0.395 e. The molecule has 1 aliphatic heterocycles. The van der Waals surface area contributed by atoms with Crippen LogP contribution in [0.5, 0.6) is 0 Å². The lowest BCUT2D eigenvalue weighted by molar-refractivity contribution is 0.164. The highest BCUT2D eigenvalue weighted by atomic mass is 16.3. The third-order valence-corrected chi connectivity index (χ3v) is 2.83. The van der Waals surface area contributed by atoms with E-state index in [4.69, 9.17) is 10.8 Å². The van der Waals surface area contributed by atoms with Gasteiger partial charge in [0, 0.05) is 19.0 Å². The second-order valence-electron chi connectivity index (χ2n) is 3.79. The molecule has 1 aliphatic rings. The lowest BCUT2D eigenvalue weighted by atomic mass is 10.2. The molecule has 0 bridgehead atoms. The van der Waals surface area contributed by atoms with Gasteiger partial charge in [0.05, 0.1) is 18.5 Å². The number of aliphatic hydroxyl groups excluding tert-OH is 1. The molecule has 1 fully saturated rings. The van der Waals surface area contributed by atoms with Crippen molar-refractivity contribution in [1.29, 1.82) is 0 Å². The number of likely N-dealkylation sites (N-methyl/N-ethyl adjacent to an activating group) is 1. The first kappa shape index (κ1) is 11.5. The van der Waals surface area contributed by atoms with Gasteiger partial charge in [0.2, 0.25) is 0 Å². The summed E-state index contributed by atoms with van der Waals surface area (Å²) in [5.41, 5.74) is 5.70. The molecule has 14 heavy (non-hydrogen) atoms. The molecule has 4 heteroatoms. The molecule has 1 saturated heterocycles. The van der Waals surface area contributed by atoms with Gasteiger partial charge in [0.15, 0.2) is 0 Å². The van der Waals surface area contributed by atoms with Gasteiger partial charge in [0.1, 0.15) is 0 Å². The maximum atomic E-state index is 9.16. The van der Waals surface area contributed by atoms with Crippen molar-refractivity contribution >= 4 is 5.84 Å². The van der Waals surface area contributed by atoms with Crippen molar-refractivity contribution in [3.05, 3.63) is 0 Å². The number of amidine groups is 1. The highest BCUT2D eigenvalue weighted by molar-refractivity contribution is 5.80. The Balaban J connectivity index is 2.53. The third-order valence-electron chi connectivity index (χ3n) is 2.83. The number of hydrogen-bond acceptors (Lipinski definition) is 3. The van der Waals surface area contributed by atoms with E-state index in [1.165, 1.54) is 0 Å². The van der Waals surface area contributed by atoms with Crippen molar-refractivity contribution in [3.63, 3.8) is 0 Å².